The predicted molar refractivity (Wildman–Crippen MR) is 219 cm³/mol. The summed E-state index contributed by atoms with van der Waals surface area (Å²) in [4.78, 5) is 21.9. The monoisotopic (exact) mass is 882 g/mol. The van der Waals surface area contributed by atoms with Gasteiger partial charge in [-0.15, -0.1) is 35.4 Å². The maximum absolute atomic E-state index is 11.7. The first kappa shape index (κ1) is 41.3. The van der Waals surface area contributed by atoms with Gasteiger partial charge in [0.05, 0.1) is 5.52 Å². The van der Waals surface area contributed by atoms with Crippen LogP contribution in [0.1, 0.15) is 98.5 Å². The normalized spacial score (nSPS) is 12.3. The van der Waals surface area contributed by atoms with Crippen molar-refractivity contribution in [3.05, 3.63) is 144 Å². The molecule has 277 valence electrons. The van der Waals surface area contributed by atoms with E-state index in [2.05, 4.69) is 137 Å². The fourth-order valence-electron chi connectivity index (χ4n) is 5.94. The number of hydrogen-bond acceptors (Lipinski definition) is 4. The van der Waals surface area contributed by atoms with Gasteiger partial charge in [-0.1, -0.05) is 154 Å². The van der Waals surface area contributed by atoms with Gasteiger partial charge in [0.1, 0.15) is 11.6 Å². The third kappa shape index (κ3) is 9.39. The summed E-state index contributed by atoms with van der Waals surface area (Å²) in [5, 5.41) is 13.0. The molecule has 0 aliphatic carbocycles. The maximum atomic E-state index is 11.7. The molecule has 0 bridgehead atoms. The average molecular weight is 882 g/mol. The summed E-state index contributed by atoms with van der Waals surface area (Å²) in [5.41, 5.74) is 7.02. The largest absolute Gasteiger partial charge is 0.512 e. The van der Waals surface area contributed by atoms with Crippen molar-refractivity contribution in [2.75, 3.05) is 0 Å². The number of carbonyl (C=O) groups is 1. The molecule has 0 aliphatic heterocycles. The SMILES string of the molecule is CC(C)c1nc(-c2[c-]ccc(C(C)(C)c3ccccc3)c2)c2ccc3cc(-c4ccccc4)ccc3c2n1.CCC(C)(C)C(=O)/C=C(\O)C(C)(C)C.[Ir]. The second kappa shape index (κ2) is 16.7. The van der Waals surface area contributed by atoms with Gasteiger partial charge in [0, 0.05) is 48.3 Å². The van der Waals surface area contributed by atoms with Gasteiger partial charge in [-0.25, -0.2) is 4.98 Å². The molecule has 6 aromatic rings. The van der Waals surface area contributed by atoms with Crippen LogP contribution in [0.25, 0.3) is 44.1 Å². The molecule has 1 aromatic heterocycles. The molecule has 0 saturated heterocycles. The molecule has 0 atom stereocenters. The number of rotatable bonds is 8. The Labute approximate surface area is 330 Å². The number of nitrogens with zero attached hydrogens (tertiary/aromatic N) is 2. The minimum absolute atomic E-state index is 0. The van der Waals surface area contributed by atoms with E-state index in [0.29, 0.717) is 0 Å². The van der Waals surface area contributed by atoms with E-state index in [1.807, 2.05) is 47.6 Å². The Hall–Kier alpha value is -4.44. The molecule has 1 N–H and O–H groups in total. The third-order valence-electron chi connectivity index (χ3n) is 10.2. The van der Waals surface area contributed by atoms with Crippen molar-refractivity contribution in [3.63, 3.8) is 0 Å². The Morgan fingerprint density at radius 2 is 1.38 bits per heavy atom. The number of aliphatic hydroxyl groups is 1. The van der Waals surface area contributed by atoms with E-state index >= 15 is 0 Å². The first-order valence-corrected chi connectivity index (χ1v) is 18.4. The van der Waals surface area contributed by atoms with Gasteiger partial charge >= 0.3 is 0 Å². The Morgan fingerprint density at radius 3 is 1.98 bits per heavy atom. The topological polar surface area (TPSA) is 63.1 Å². The fraction of sp³-hybridized carbons (Fsp3) is 0.312. The second-order valence-electron chi connectivity index (χ2n) is 16.2. The molecule has 0 fully saturated rings. The third-order valence-corrected chi connectivity index (χ3v) is 10.2. The van der Waals surface area contributed by atoms with Crippen LogP contribution in [0.3, 0.4) is 0 Å². The van der Waals surface area contributed by atoms with Gasteiger partial charge < -0.3 is 5.11 Å². The molecule has 1 heterocycles. The summed E-state index contributed by atoms with van der Waals surface area (Å²) < 4.78 is 0. The summed E-state index contributed by atoms with van der Waals surface area (Å²) >= 11 is 0. The van der Waals surface area contributed by atoms with Crippen LogP contribution in [0.4, 0.5) is 0 Å². The van der Waals surface area contributed by atoms with Crippen LogP contribution in [-0.4, -0.2) is 20.9 Å². The maximum Gasteiger partial charge on any atom is 0.164 e. The molecule has 1 radical (unpaired) electrons. The van der Waals surface area contributed by atoms with Crippen LogP contribution in [0.2, 0.25) is 0 Å². The van der Waals surface area contributed by atoms with E-state index in [1.54, 1.807) is 0 Å². The molecule has 5 aromatic carbocycles. The van der Waals surface area contributed by atoms with Crippen molar-refractivity contribution in [1.82, 2.24) is 9.97 Å². The molecule has 53 heavy (non-hydrogen) atoms. The number of carbonyl (C=O) groups excluding carboxylic acids is 1. The van der Waals surface area contributed by atoms with Crippen LogP contribution in [0.15, 0.2) is 121 Å². The zero-order chi connectivity index (χ0) is 37.8. The molecule has 0 aliphatic rings. The minimum atomic E-state index is -0.376. The van der Waals surface area contributed by atoms with E-state index in [0.717, 1.165) is 39.8 Å². The molecule has 0 amide bonds. The number of aromatic nitrogens is 2. The van der Waals surface area contributed by atoms with Crippen molar-refractivity contribution in [2.45, 2.75) is 87.0 Å². The molecule has 5 heteroatoms. The van der Waals surface area contributed by atoms with Gasteiger partial charge in [-0.2, -0.15) is 0 Å². The van der Waals surface area contributed by atoms with Crippen LogP contribution in [0.5, 0.6) is 0 Å². The van der Waals surface area contributed by atoms with Gasteiger partial charge in [-0.05, 0) is 51.1 Å². The number of ketones is 1. The van der Waals surface area contributed by atoms with Gasteiger partial charge in [0.2, 0.25) is 0 Å². The second-order valence-corrected chi connectivity index (χ2v) is 16.2. The van der Waals surface area contributed by atoms with E-state index in [-0.39, 0.29) is 53.8 Å². The zero-order valence-electron chi connectivity index (χ0n) is 32.8. The first-order chi connectivity index (χ1) is 24.5. The van der Waals surface area contributed by atoms with Crippen LogP contribution in [0, 0.1) is 16.9 Å². The van der Waals surface area contributed by atoms with Crippen molar-refractivity contribution in [1.29, 1.82) is 0 Å². The molecule has 0 spiro atoms. The number of benzene rings is 5. The molecular weight excluding hydrogens is 829 g/mol. The number of hydrogen-bond donors (Lipinski definition) is 1. The van der Waals surface area contributed by atoms with Crippen molar-refractivity contribution in [3.8, 4) is 22.4 Å². The Bertz CT molecular complexity index is 2210. The molecule has 0 unspecified atom stereocenters. The fourth-order valence-corrected chi connectivity index (χ4v) is 5.94. The van der Waals surface area contributed by atoms with Crippen LogP contribution < -0.4 is 0 Å². The Morgan fingerprint density at radius 1 is 0.755 bits per heavy atom. The van der Waals surface area contributed by atoms with Gasteiger partial charge in [0.15, 0.2) is 5.78 Å². The summed E-state index contributed by atoms with van der Waals surface area (Å²) in [6.45, 7) is 20.3. The summed E-state index contributed by atoms with van der Waals surface area (Å²) in [6, 6.07) is 42.2. The summed E-state index contributed by atoms with van der Waals surface area (Å²) in [5.74, 6) is 1.21. The van der Waals surface area contributed by atoms with E-state index < -0.39 is 0 Å². The molecule has 0 saturated carbocycles. The predicted octanol–water partition coefficient (Wildman–Crippen LogP) is 12.8. The van der Waals surface area contributed by atoms with Gasteiger partial charge in [-0.3, -0.25) is 9.78 Å². The Balaban J connectivity index is 0.000000358. The average Bonchev–Trinajstić information content (AvgIpc) is 3.14. The summed E-state index contributed by atoms with van der Waals surface area (Å²) in [6.07, 6.45) is 2.14. The first-order valence-electron chi connectivity index (χ1n) is 18.4. The van der Waals surface area contributed by atoms with E-state index in [9.17, 15) is 9.90 Å². The quantitative estimate of drug-likeness (QED) is 0.0716. The van der Waals surface area contributed by atoms with Crippen molar-refractivity contribution < 1.29 is 30.0 Å². The minimum Gasteiger partial charge on any atom is -0.512 e. The molecular formula is C48H53IrN2O2-. The van der Waals surface area contributed by atoms with Crippen LogP contribution in [-0.2, 0) is 30.3 Å². The summed E-state index contributed by atoms with van der Waals surface area (Å²) in [7, 11) is 0. The van der Waals surface area contributed by atoms with Gasteiger partial charge in [0.25, 0.3) is 0 Å². The van der Waals surface area contributed by atoms with Crippen molar-refractivity contribution in [2.24, 2.45) is 10.8 Å². The van der Waals surface area contributed by atoms with E-state index in [1.165, 1.54) is 33.7 Å². The van der Waals surface area contributed by atoms with E-state index in [4.69, 9.17) is 9.97 Å². The molecule has 4 nitrogen and oxygen atoms in total. The van der Waals surface area contributed by atoms with Crippen LogP contribution >= 0.6 is 0 Å². The number of aliphatic hydroxyl groups excluding tert-OH is 1. The Kier molecular flexibility index (Phi) is 13.0. The zero-order valence-corrected chi connectivity index (χ0v) is 35.2. The standard InChI is InChI=1S/C36H31N2.C12H22O2.Ir/c1-24(2)35-37-33(28-14-11-17-30(23-28)36(3,4)29-15-9-6-10-16-29)32-21-19-27-22-26(25-12-7-5-8-13-25)18-20-31(27)34(32)38-35;1-7-12(5,6)10(14)8-9(13)11(2,3)4;/h5-13,15-24H,1-4H3;8,13H,7H2,1-6H3;/q-1;;/b;9-8-;. The van der Waals surface area contributed by atoms with Crippen molar-refractivity contribution >= 4 is 27.5 Å². The number of allylic oxidation sites excluding steroid dienone is 2. The molecule has 6 rings (SSSR count). The smallest absolute Gasteiger partial charge is 0.164 e. The number of fused-ring (bicyclic) bond motifs is 3.